The van der Waals surface area contributed by atoms with E-state index in [2.05, 4.69) is 6.92 Å². The Bertz CT molecular complexity index is 352. The summed E-state index contributed by atoms with van der Waals surface area (Å²) in [4.78, 5) is 11.5. The molecule has 0 aliphatic carbocycles. The first-order chi connectivity index (χ1) is 7.52. The van der Waals surface area contributed by atoms with Gasteiger partial charge < -0.3 is 9.84 Å². The molecule has 1 unspecified atom stereocenters. The molecule has 3 nitrogen and oxygen atoms in total. The zero-order valence-electron chi connectivity index (χ0n) is 9.99. The van der Waals surface area contributed by atoms with Crippen molar-refractivity contribution in [3.63, 3.8) is 0 Å². The first-order valence-corrected chi connectivity index (χ1v) is 5.51. The van der Waals surface area contributed by atoms with Gasteiger partial charge in [-0.3, -0.25) is 0 Å². The molecule has 0 spiro atoms. The van der Waals surface area contributed by atoms with E-state index in [1.165, 1.54) is 12.5 Å². The molecule has 0 bridgehead atoms. The van der Waals surface area contributed by atoms with Crippen LogP contribution in [-0.2, 0) is 21.6 Å². The van der Waals surface area contributed by atoms with E-state index >= 15 is 0 Å². The second-order valence-corrected chi connectivity index (χ2v) is 3.84. The summed E-state index contributed by atoms with van der Waals surface area (Å²) in [6.45, 7) is 5.49. The van der Waals surface area contributed by atoms with Crippen LogP contribution in [0.2, 0.25) is 0 Å². The molecule has 0 radical (unpaired) electrons. The average molecular weight is 222 g/mol. The third kappa shape index (κ3) is 2.61. The summed E-state index contributed by atoms with van der Waals surface area (Å²) in [5.41, 5.74) is 0.161. The molecule has 1 N–H and O–H groups in total. The third-order valence-electron chi connectivity index (χ3n) is 2.60. The van der Waals surface area contributed by atoms with Gasteiger partial charge >= 0.3 is 5.97 Å². The molecule has 0 fully saturated rings. The van der Waals surface area contributed by atoms with Crippen molar-refractivity contribution in [1.82, 2.24) is 0 Å². The van der Waals surface area contributed by atoms with Gasteiger partial charge in [0.15, 0.2) is 5.60 Å². The number of aliphatic hydroxyl groups is 1. The Balaban J connectivity index is 2.93. The van der Waals surface area contributed by atoms with Crippen molar-refractivity contribution in [2.45, 2.75) is 32.8 Å². The Morgan fingerprint density at radius 1 is 1.31 bits per heavy atom. The molecule has 1 aromatic rings. The van der Waals surface area contributed by atoms with Gasteiger partial charge in [-0.05, 0) is 31.4 Å². The van der Waals surface area contributed by atoms with Gasteiger partial charge in [0.25, 0.3) is 0 Å². The second-order valence-electron chi connectivity index (χ2n) is 3.84. The summed E-state index contributed by atoms with van der Waals surface area (Å²) in [5, 5.41) is 10.1. The molecule has 0 aliphatic heterocycles. The maximum absolute atomic E-state index is 11.5. The van der Waals surface area contributed by atoms with E-state index in [1.54, 1.807) is 19.1 Å². The Labute approximate surface area is 96.1 Å². The van der Waals surface area contributed by atoms with E-state index in [9.17, 15) is 9.90 Å². The smallest absolute Gasteiger partial charge is 0.342 e. The van der Waals surface area contributed by atoms with Gasteiger partial charge in [-0.25, -0.2) is 4.79 Å². The van der Waals surface area contributed by atoms with Gasteiger partial charge in [-0.2, -0.15) is 0 Å². The Hall–Kier alpha value is -1.35. The lowest BCUT2D eigenvalue weighted by molar-refractivity contribution is -0.164. The van der Waals surface area contributed by atoms with Crippen molar-refractivity contribution in [2.75, 3.05) is 6.61 Å². The van der Waals surface area contributed by atoms with Crippen molar-refractivity contribution < 1.29 is 14.6 Å². The summed E-state index contributed by atoms with van der Waals surface area (Å²) in [6.07, 6.45) is 0.932. The highest BCUT2D eigenvalue weighted by atomic mass is 16.5. The fourth-order valence-electron chi connectivity index (χ4n) is 1.45. The summed E-state index contributed by atoms with van der Waals surface area (Å²) < 4.78 is 4.83. The first kappa shape index (κ1) is 12.7. The minimum absolute atomic E-state index is 0.266. The maximum atomic E-state index is 11.5. The fraction of sp³-hybridized carbons (Fsp3) is 0.462. The number of aryl methyl sites for hydroxylation is 1. The van der Waals surface area contributed by atoms with E-state index in [4.69, 9.17) is 4.74 Å². The Kier molecular flexibility index (Phi) is 4.07. The van der Waals surface area contributed by atoms with Crippen LogP contribution in [0.5, 0.6) is 0 Å². The molecule has 0 aliphatic rings. The first-order valence-electron chi connectivity index (χ1n) is 5.51. The van der Waals surface area contributed by atoms with Crippen LogP contribution in [0.25, 0.3) is 0 Å². The van der Waals surface area contributed by atoms with Crippen molar-refractivity contribution in [2.24, 2.45) is 0 Å². The molecule has 16 heavy (non-hydrogen) atoms. The van der Waals surface area contributed by atoms with Crippen LogP contribution < -0.4 is 0 Å². The minimum atomic E-state index is -1.57. The largest absolute Gasteiger partial charge is 0.464 e. The van der Waals surface area contributed by atoms with Gasteiger partial charge in [0.1, 0.15) is 0 Å². The number of benzene rings is 1. The Morgan fingerprint density at radius 3 is 2.31 bits per heavy atom. The fourth-order valence-corrected chi connectivity index (χ4v) is 1.45. The van der Waals surface area contributed by atoms with Crippen LogP contribution >= 0.6 is 0 Å². The molecular weight excluding hydrogens is 204 g/mol. The van der Waals surface area contributed by atoms with Gasteiger partial charge in [0, 0.05) is 0 Å². The lowest BCUT2D eigenvalue weighted by atomic mass is 9.95. The third-order valence-corrected chi connectivity index (χ3v) is 2.60. The number of carbonyl (C=O) groups excluding carboxylic acids is 1. The molecule has 88 valence electrons. The molecule has 0 saturated carbocycles. The summed E-state index contributed by atoms with van der Waals surface area (Å²) in [7, 11) is 0. The summed E-state index contributed by atoms with van der Waals surface area (Å²) >= 11 is 0. The molecule has 0 amide bonds. The molecule has 0 aromatic heterocycles. The van der Waals surface area contributed by atoms with Crippen LogP contribution in [0.4, 0.5) is 0 Å². The minimum Gasteiger partial charge on any atom is -0.464 e. The van der Waals surface area contributed by atoms with Crippen molar-refractivity contribution in [3.05, 3.63) is 35.4 Å². The van der Waals surface area contributed by atoms with Crippen LogP contribution in [0.1, 0.15) is 31.9 Å². The van der Waals surface area contributed by atoms with E-state index in [-0.39, 0.29) is 6.61 Å². The van der Waals surface area contributed by atoms with Crippen LogP contribution in [0.15, 0.2) is 24.3 Å². The summed E-state index contributed by atoms with van der Waals surface area (Å²) in [6, 6.07) is 7.33. The lowest BCUT2D eigenvalue weighted by Crippen LogP contribution is -2.34. The van der Waals surface area contributed by atoms with Crippen molar-refractivity contribution >= 4 is 5.97 Å². The van der Waals surface area contributed by atoms with E-state index < -0.39 is 11.6 Å². The van der Waals surface area contributed by atoms with Crippen molar-refractivity contribution in [1.29, 1.82) is 0 Å². The predicted octanol–water partition coefficient (Wildman–Crippen LogP) is 2.02. The van der Waals surface area contributed by atoms with Gasteiger partial charge in [0.05, 0.1) is 6.61 Å². The van der Waals surface area contributed by atoms with Gasteiger partial charge in [0.2, 0.25) is 0 Å². The zero-order chi connectivity index (χ0) is 12.2. The maximum Gasteiger partial charge on any atom is 0.342 e. The number of esters is 1. The van der Waals surface area contributed by atoms with E-state index in [0.717, 1.165) is 6.42 Å². The Morgan fingerprint density at radius 2 is 1.88 bits per heavy atom. The SMILES string of the molecule is CCOC(=O)C(C)(O)c1ccc(CC)cc1. The number of hydrogen-bond acceptors (Lipinski definition) is 3. The van der Waals surface area contributed by atoms with E-state index in [0.29, 0.717) is 5.56 Å². The molecule has 1 atom stereocenters. The number of hydrogen-bond donors (Lipinski definition) is 1. The molecule has 3 heteroatoms. The monoisotopic (exact) mass is 222 g/mol. The number of carbonyl (C=O) groups is 1. The van der Waals surface area contributed by atoms with Gasteiger partial charge in [-0.1, -0.05) is 31.2 Å². The van der Waals surface area contributed by atoms with Crippen LogP contribution in [-0.4, -0.2) is 17.7 Å². The normalized spacial score (nSPS) is 14.2. The molecule has 1 rings (SSSR count). The molecular formula is C13H18O3. The zero-order valence-corrected chi connectivity index (χ0v) is 9.99. The highest BCUT2D eigenvalue weighted by Crippen LogP contribution is 2.22. The summed E-state index contributed by atoms with van der Waals surface area (Å²) in [5.74, 6) is -0.612. The highest BCUT2D eigenvalue weighted by molar-refractivity contribution is 5.80. The van der Waals surface area contributed by atoms with E-state index in [1.807, 2.05) is 12.1 Å². The molecule has 0 heterocycles. The van der Waals surface area contributed by atoms with Crippen LogP contribution in [0.3, 0.4) is 0 Å². The lowest BCUT2D eigenvalue weighted by Gasteiger charge is -2.21. The highest BCUT2D eigenvalue weighted by Gasteiger charge is 2.33. The predicted molar refractivity (Wildman–Crippen MR) is 62.0 cm³/mol. The van der Waals surface area contributed by atoms with Crippen molar-refractivity contribution in [3.8, 4) is 0 Å². The van der Waals surface area contributed by atoms with Gasteiger partial charge in [-0.15, -0.1) is 0 Å². The topological polar surface area (TPSA) is 46.5 Å². The quantitative estimate of drug-likeness (QED) is 0.793. The van der Waals surface area contributed by atoms with Crippen LogP contribution in [0, 0.1) is 0 Å². The number of rotatable bonds is 4. The molecule has 0 saturated heterocycles. The average Bonchev–Trinajstić information content (AvgIpc) is 2.29. The molecule has 1 aromatic carbocycles. The number of ether oxygens (including phenoxy) is 1. The second kappa shape index (κ2) is 5.12. The standard InChI is InChI=1S/C13H18O3/c1-4-10-6-8-11(9-7-10)13(3,15)12(14)16-5-2/h6-9,15H,4-5H2,1-3H3.